The second-order valence-corrected chi connectivity index (χ2v) is 5.89. The molecule has 2 aromatic carbocycles. The number of benzene rings is 2. The highest BCUT2D eigenvalue weighted by molar-refractivity contribution is 9.10. The maximum atomic E-state index is 13.2. The van der Waals surface area contributed by atoms with E-state index in [1.807, 2.05) is 18.2 Å². The number of hydrogen-bond acceptors (Lipinski definition) is 1. The van der Waals surface area contributed by atoms with E-state index in [0.29, 0.717) is 21.3 Å². The lowest BCUT2D eigenvalue weighted by molar-refractivity contribution is 0.469. The SMILES string of the molecule is Fc1ccc(Br)c(Oc2cc(Br)ccc2CBr)c1. The summed E-state index contributed by atoms with van der Waals surface area (Å²) >= 11 is 10.1. The molecule has 0 aliphatic rings. The zero-order valence-corrected chi connectivity index (χ0v) is 13.8. The third-order valence-corrected chi connectivity index (χ3v) is 4.04. The average molecular weight is 439 g/mol. The minimum atomic E-state index is -0.330. The number of alkyl halides is 1. The molecule has 0 aliphatic heterocycles. The zero-order chi connectivity index (χ0) is 13.1. The maximum absolute atomic E-state index is 13.2. The Bertz CT molecular complexity index is 572. The second kappa shape index (κ2) is 6.17. The molecular weight excluding hydrogens is 431 g/mol. The van der Waals surface area contributed by atoms with Crippen LogP contribution in [0.3, 0.4) is 0 Å². The molecule has 0 N–H and O–H groups in total. The van der Waals surface area contributed by atoms with Gasteiger partial charge >= 0.3 is 0 Å². The van der Waals surface area contributed by atoms with E-state index in [4.69, 9.17) is 4.74 Å². The number of ether oxygens (including phenoxy) is 1. The van der Waals surface area contributed by atoms with E-state index in [2.05, 4.69) is 47.8 Å². The standard InChI is InChI=1S/C13H8Br3FO/c14-7-8-1-2-9(15)5-12(8)18-13-6-10(17)3-4-11(13)16/h1-6H,7H2. The summed E-state index contributed by atoms with van der Waals surface area (Å²) in [6, 6.07) is 10.1. The van der Waals surface area contributed by atoms with Gasteiger partial charge in [0.1, 0.15) is 17.3 Å². The van der Waals surface area contributed by atoms with Crippen molar-refractivity contribution in [1.82, 2.24) is 0 Å². The quantitative estimate of drug-likeness (QED) is 0.531. The van der Waals surface area contributed by atoms with E-state index in [9.17, 15) is 4.39 Å². The Morgan fingerprint density at radius 3 is 2.50 bits per heavy atom. The summed E-state index contributed by atoms with van der Waals surface area (Å²) in [6.45, 7) is 0. The van der Waals surface area contributed by atoms with E-state index in [1.165, 1.54) is 12.1 Å². The van der Waals surface area contributed by atoms with Gasteiger partial charge in [0.15, 0.2) is 0 Å². The van der Waals surface area contributed by atoms with Gasteiger partial charge in [-0.2, -0.15) is 0 Å². The molecular formula is C13H8Br3FO. The fraction of sp³-hybridized carbons (Fsp3) is 0.0769. The minimum Gasteiger partial charge on any atom is -0.456 e. The second-order valence-electron chi connectivity index (χ2n) is 3.56. The summed E-state index contributed by atoms with van der Waals surface area (Å²) in [5.41, 5.74) is 0.995. The third-order valence-electron chi connectivity index (χ3n) is 2.29. The summed E-state index contributed by atoms with van der Waals surface area (Å²) in [5.74, 6) is 0.812. The van der Waals surface area contributed by atoms with Gasteiger partial charge < -0.3 is 4.74 Å². The molecule has 2 aromatic rings. The molecule has 0 radical (unpaired) electrons. The molecule has 0 aliphatic carbocycles. The van der Waals surface area contributed by atoms with Crippen molar-refractivity contribution in [2.45, 2.75) is 5.33 Å². The van der Waals surface area contributed by atoms with Gasteiger partial charge in [-0.05, 0) is 40.2 Å². The number of rotatable bonds is 3. The van der Waals surface area contributed by atoms with E-state index in [0.717, 1.165) is 10.0 Å². The molecule has 0 saturated carbocycles. The van der Waals surface area contributed by atoms with Gasteiger partial charge in [-0.1, -0.05) is 37.9 Å². The summed E-state index contributed by atoms with van der Waals surface area (Å²) in [7, 11) is 0. The van der Waals surface area contributed by atoms with Crippen molar-refractivity contribution in [3.05, 3.63) is 56.7 Å². The maximum Gasteiger partial charge on any atom is 0.144 e. The van der Waals surface area contributed by atoms with Gasteiger partial charge in [0.2, 0.25) is 0 Å². The van der Waals surface area contributed by atoms with Crippen LogP contribution in [0.1, 0.15) is 5.56 Å². The van der Waals surface area contributed by atoms with E-state index in [1.54, 1.807) is 6.07 Å². The molecule has 2 rings (SSSR count). The van der Waals surface area contributed by atoms with Gasteiger partial charge in [-0.15, -0.1) is 0 Å². The molecule has 0 atom stereocenters. The molecule has 94 valence electrons. The van der Waals surface area contributed by atoms with Crippen LogP contribution >= 0.6 is 47.8 Å². The molecule has 0 spiro atoms. The van der Waals surface area contributed by atoms with Crippen LogP contribution in [-0.4, -0.2) is 0 Å². The Morgan fingerprint density at radius 1 is 1.00 bits per heavy atom. The van der Waals surface area contributed by atoms with E-state index < -0.39 is 0 Å². The Morgan fingerprint density at radius 2 is 1.78 bits per heavy atom. The molecule has 0 bridgehead atoms. The molecule has 18 heavy (non-hydrogen) atoms. The van der Waals surface area contributed by atoms with Crippen molar-refractivity contribution >= 4 is 47.8 Å². The molecule has 0 unspecified atom stereocenters. The van der Waals surface area contributed by atoms with Crippen LogP contribution in [0.25, 0.3) is 0 Å². The van der Waals surface area contributed by atoms with Gasteiger partial charge in [0, 0.05) is 21.4 Å². The Hall–Kier alpha value is -0.390. The number of hydrogen-bond donors (Lipinski definition) is 0. The van der Waals surface area contributed by atoms with Crippen molar-refractivity contribution in [1.29, 1.82) is 0 Å². The molecule has 0 heterocycles. The lowest BCUT2D eigenvalue weighted by Gasteiger charge is -2.11. The first-order chi connectivity index (χ1) is 8.60. The van der Waals surface area contributed by atoms with Gasteiger partial charge in [0.05, 0.1) is 4.47 Å². The largest absolute Gasteiger partial charge is 0.456 e. The molecule has 5 heteroatoms. The lowest BCUT2D eigenvalue weighted by Crippen LogP contribution is -1.91. The smallest absolute Gasteiger partial charge is 0.144 e. The van der Waals surface area contributed by atoms with Crippen LogP contribution in [0, 0.1) is 5.82 Å². The van der Waals surface area contributed by atoms with Crippen LogP contribution in [0.2, 0.25) is 0 Å². The van der Waals surface area contributed by atoms with E-state index in [-0.39, 0.29) is 5.82 Å². The normalized spacial score (nSPS) is 10.4. The fourth-order valence-electron chi connectivity index (χ4n) is 1.41. The summed E-state index contributed by atoms with van der Waals surface area (Å²) in [5, 5.41) is 0.669. The van der Waals surface area contributed by atoms with Crippen molar-refractivity contribution in [2.75, 3.05) is 0 Å². The minimum absolute atomic E-state index is 0.330. The molecule has 0 aromatic heterocycles. The van der Waals surface area contributed by atoms with E-state index >= 15 is 0 Å². The highest BCUT2D eigenvalue weighted by atomic mass is 79.9. The monoisotopic (exact) mass is 436 g/mol. The van der Waals surface area contributed by atoms with Gasteiger partial charge in [0.25, 0.3) is 0 Å². The number of halogens is 4. The molecule has 1 nitrogen and oxygen atoms in total. The average Bonchev–Trinajstić information content (AvgIpc) is 2.34. The summed E-state index contributed by atoms with van der Waals surface area (Å²) in [6.07, 6.45) is 0. The predicted molar refractivity (Wildman–Crippen MR) is 80.9 cm³/mol. The first kappa shape index (κ1) is 14.0. The van der Waals surface area contributed by atoms with Crippen LogP contribution in [0.4, 0.5) is 4.39 Å². The van der Waals surface area contributed by atoms with Crippen LogP contribution in [-0.2, 0) is 5.33 Å². The Kier molecular flexibility index (Phi) is 4.81. The van der Waals surface area contributed by atoms with Crippen LogP contribution in [0.5, 0.6) is 11.5 Å². The van der Waals surface area contributed by atoms with Crippen LogP contribution < -0.4 is 4.74 Å². The van der Waals surface area contributed by atoms with Gasteiger partial charge in [-0.25, -0.2) is 4.39 Å². The molecule has 0 fully saturated rings. The first-order valence-corrected chi connectivity index (χ1v) is 7.78. The summed E-state index contributed by atoms with van der Waals surface area (Å²) in [4.78, 5) is 0. The third kappa shape index (κ3) is 3.33. The summed E-state index contributed by atoms with van der Waals surface area (Å²) < 4.78 is 20.6. The Balaban J connectivity index is 2.38. The zero-order valence-electron chi connectivity index (χ0n) is 9.09. The van der Waals surface area contributed by atoms with Crippen molar-refractivity contribution in [3.63, 3.8) is 0 Å². The topological polar surface area (TPSA) is 9.23 Å². The van der Waals surface area contributed by atoms with Gasteiger partial charge in [-0.3, -0.25) is 0 Å². The lowest BCUT2D eigenvalue weighted by atomic mass is 10.2. The Labute approximate surface area is 130 Å². The van der Waals surface area contributed by atoms with Crippen molar-refractivity contribution in [2.24, 2.45) is 0 Å². The highest BCUT2D eigenvalue weighted by Crippen LogP contribution is 2.34. The fourth-order valence-corrected chi connectivity index (χ4v) is 2.54. The van der Waals surface area contributed by atoms with Crippen molar-refractivity contribution in [3.8, 4) is 11.5 Å². The first-order valence-electron chi connectivity index (χ1n) is 5.07. The molecule has 0 saturated heterocycles. The predicted octanol–water partition coefficient (Wildman–Crippen LogP) is 6.04. The molecule has 0 amide bonds. The van der Waals surface area contributed by atoms with Crippen LogP contribution in [0.15, 0.2) is 45.3 Å². The van der Waals surface area contributed by atoms with Crippen molar-refractivity contribution < 1.29 is 9.13 Å². The highest BCUT2D eigenvalue weighted by Gasteiger charge is 2.08.